The molecule has 2 rings (SSSR count). The van der Waals surface area contributed by atoms with Gasteiger partial charge in [-0.15, -0.1) is 0 Å². The maximum absolute atomic E-state index is 11.7. The predicted octanol–water partition coefficient (Wildman–Crippen LogP) is 3.19. The predicted molar refractivity (Wildman–Crippen MR) is 72.6 cm³/mol. The Morgan fingerprint density at radius 3 is 2.61 bits per heavy atom. The van der Waals surface area contributed by atoms with Crippen LogP contribution in [-0.2, 0) is 4.79 Å². The molecular weight excluding hydrogens is 226 g/mol. The van der Waals surface area contributed by atoms with E-state index in [2.05, 4.69) is 12.2 Å². The van der Waals surface area contributed by atoms with Crippen molar-refractivity contribution in [3.63, 3.8) is 0 Å². The zero-order chi connectivity index (χ0) is 13.0. The van der Waals surface area contributed by atoms with Gasteiger partial charge in [-0.2, -0.15) is 0 Å². The maximum atomic E-state index is 11.7. The Hall–Kier alpha value is -0.570. The molecule has 0 spiro atoms. The smallest absolute Gasteiger partial charge is 0.323 e. The minimum atomic E-state index is -0.625. The normalized spacial score (nSPS) is 33.1. The summed E-state index contributed by atoms with van der Waals surface area (Å²) in [5.41, 5.74) is -0.620. The number of aliphatic carboxylic acids is 1. The van der Waals surface area contributed by atoms with Crippen LogP contribution in [0.2, 0.25) is 0 Å². The van der Waals surface area contributed by atoms with E-state index in [4.69, 9.17) is 0 Å². The van der Waals surface area contributed by atoms with Crippen molar-refractivity contribution in [3.05, 3.63) is 0 Å². The molecule has 0 heterocycles. The van der Waals surface area contributed by atoms with Gasteiger partial charge >= 0.3 is 5.97 Å². The van der Waals surface area contributed by atoms with E-state index in [9.17, 15) is 9.90 Å². The third kappa shape index (κ3) is 3.47. The minimum absolute atomic E-state index is 0.620. The molecule has 0 radical (unpaired) electrons. The molecule has 2 saturated carbocycles. The Labute approximate surface area is 110 Å². The van der Waals surface area contributed by atoms with E-state index in [-0.39, 0.29) is 0 Å². The van der Waals surface area contributed by atoms with Crippen molar-refractivity contribution in [2.75, 3.05) is 6.54 Å². The van der Waals surface area contributed by atoms with Crippen molar-refractivity contribution in [2.45, 2.75) is 70.3 Å². The number of carbonyl (C=O) groups is 1. The van der Waals surface area contributed by atoms with Crippen LogP contribution in [0.1, 0.15) is 64.7 Å². The highest BCUT2D eigenvalue weighted by atomic mass is 16.4. The van der Waals surface area contributed by atoms with Crippen molar-refractivity contribution < 1.29 is 9.90 Å². The van der Waals surface area contributed by atoms with Crippen molar-refractivity contribution in [1.82, 2.24) is 5.32 Å². The van der Waals surface area contributed by atoms with Crippen molar-refractivity contribution >= 4 is 5.97 Å². The summed E-state index contributed by atoms with van der Waals surface area (Å²) in [4.78, 5) is 11.7. The molecule has 2 aliphatic carbocycles. The summed E-state index contributed by atoms with van der Waals surface area (Å²) in [6.07, 6.45) is 10.0. The largest absolute Gasteiger partial charge is 0.480 e. The first kappa shape index (κ1) is 13.9. The van der Waals surface area contributed by atoms with Crippen LogP contribution in [0.3, 0.4) is 0 Å². The molecule has 2 atom stereocenters. The maximum Gasteiger partial charge on any atom is 0.323 e. The van der Waals surface area contributed by atoms with Crippen LogP contribution >= 0.6 is 0 Å². The lowest BCUT2D eigenvalue weighted by Gasteiger charge is -2.29. The number of carboxylic acid groups (broad SMARTS) is 1. The first-order chi connectivity index (χ1) is 8.66. The summed E-state index contributed by atoms with van der Waals surface area (Å²) in [7, 11) is 0. The van der Waals surface area contributed by atoms with Crippen LogP contribution in [0.25, 0.3) is 0 Å². The zero-order valence-corrected chi connectivity index (χ0v) is 11.6. The Morgan fingerprint density at radius 1 is 1.22 bits per heavy atom. The standard InChI is InChI=1S/C15H27NO2/c1-2-4-12-5-3-9-15(10-8-12,14(17)18)16-11-13-6-7-13/h12-13,16H,2-11H2,1H3,(H,17,18). The summed E-state index contributed by atoms with van der Waals surface area (Å²) < 4.78 is 0. The van der Waals surface area contributed by atoms with Crippen molar-refractivity contribution in [3.8, 4) is 0 Å². The molecule has 3 nitrogen and oxygen atoms in total. The van der Waals surface area contributed by atoms with Crippen LogP contribution in [0, 0.1) is 11.8 Å². The van der Waals surface area contributed by atoms with E-state index in [1.54, 1.807) is 0 Å². The fraction of sp³-hybridized carbons (Fsp3) is 0.933. The molecule has 0 saturated heterocycles. The summed E-state index contributed by atoms with van der Waals surface area (Å²) in [6.45, 7) is 3.13. The van der Waals surface area contributed by atoms with Crippen LogP contribution in [0.5, 0.6) is 0 Å². The lowest BCUT2D eigenvalue weighted by Crippen LogP contribution is -2.52. The Bertz CT molecular complexity index is 288. The monoisotopic (exact) mass is 253 g/mol. The molecule has 0 aromatic carbocycles. The zero-order valence-electron chi connectivity index (χ0n) is 11.6. The van der Waals surface area contributed by atoms with Gasteiger partial charge in [0.25, 0.3) is 0 Å². The Balaban J connectivity index is 1.93. The number of hydrogen-bond donors (Lipinski definition) is 2. The lowest BCUT2D eigenvalue weighted by atomic mass is 9.89. The summed E-state index contributed by atoms with van der Waals surface area (Å²) in [6, 6.07) is 0. The van der Waals surface area contributed by atoms with Gasteiger partial charge in [-0.3, -0.25) is 4.79 Å². The third-order valence-corrected chi connectivity index (χ3v) is 4.73. The second kappa shape index (κ2) is 6.05. The molecule has 0 aromatic heterocycles. The van der Waals surface area contributed by atoms with Gasteiger partial charge in [0, 0.05) is 0 Å². The molecule has 2 unspecified atom stereocenters. The number of nitrogens with one attached hydrogen (secondary N) is 1. The van der Waals surface area contributed by atoms with E-state index in [0.29, 0.717) is 0 Å². The van der Waals surface area contributed by atoms with Crippen molar-refractivity contribution in [2.24, 2.45) is 11.8 Å². The molecule has 18 heavy (non-hydrogen) atoms. The number of carboxylic acids is 1. The van der Waals surface area contributed by atoms with Gasteiger partial charge in [0.05, 0.1) is 0 Å². The quantitative estimate of drug-likeness (QED) is 0.715. The molecule has 2 fully saturated rings. The SMILES string of the molecule is CCCC1CCCC(NCC2CC2)(C(=O)O)CC1. The number of hydrogen-bond acceptors (Lipinski definition) is 2. The average Bonchev–Trinajstić information content (AvgIpc) is 3.14. The second-order valence-corrected chi connectivity index (χ2v) is 6.30. The van der Waals surface area contributed by atoms with Crippen LogP contribution in [-0.4, -0.2) is 23.2 Å². The molecule has 3 heteroatoms. The van der Waals surface area contributed by atoms with Gasteiger partial charge in [0.15, 0.2) is 0 Å². The minimum Gasteiger partial charge on any atom is -0.480 e. The first-order valence-corrected chi connectivity index (χ1v) is 7.64. The van der Waals surface area contributed by atoms with Crippen LogP contribution in [0.4, 0.5) is 0 Å². The summed E-state index contributed by atoms with van der Waals surface area (Å²) in [5, 5.41) is 13.0. The molecular formula is C15H27NO2. The van der Waals surface area contributed by atoms with E-state index in [0.717, 1.165) is 44.1 Å². The van der Waals surface area contributed by atoms with E-state index in [1.807, 2.05) is 0 Å². The van der Waals surface area contributed by atoms with E-state index < -0.39 is 11.5 Å². The second-order valence-electron chi connectivity index (χ2n) is 6.30. The van der Waals surface area contributed by atoms with E-state index in [1.165, 1.54) is 32.1 Å². The van der Waals surface area contributed by atoms with Gasteiger partial charge in [-0.1, -0.05) is 32.6 Å². The highest BCUT2D eigenvalue weighted by Crippen LogP contribution is 2.34. The third-order valence-electron chi connectivity index (χ3n) is 4.73. The van der Waals surface area contributed by atoms with Gasteiger partial charge in [-0.25, -0.2) is 0 Å². The van der Waals surface area contributed by atoms with Crippen LogP contribution in [0.15, 0.2) is 0 Å². The first-order valence-electron chi connectivity index (χ1n) is 7.64. The van der Waals surface area contributed by atoms with E-state index >= 15 is 0 Å². The topological polar surface area (TPSA) is 49.3 Å². The van der Waals surface area contributed by atoms with Crippen LogP contribution < -0.4 is 5.32 Å². The molecule has 2 N–H and O–H groups in total. The highest BCUT2D eigenvalue weighted by Gasteiger charge is 2.40. The molecule has 0 aromatic rings. The molecule has 0 amide bonds. The van der Waals surface area contributed by atoms with Gasteiger partial charge in [0.1, 0.15) is 5.54 Å². The van der Waals surface area contributed by atoms with Crippen molar-refractivity contribution in [1.29, 1.82) is 0 Å². The Morgan fingerprint density at radius 2 is 2.00 bits per heavy atom. The molecule has 104 valence electrons. The average molecular weight is 253 g/mol. The highest BCUT2D eigenvalue weighted by molar-refractivity contribution is 5.78. The molecule has 2 aliphatic rings. The fourth-order valence-electron chi connectivity index (χ4n) is 3.24. The fourth-order valence-corrected chi connectivity index (χ4v) is 3.24. The number of rotatable bonds is 6. The summed E-state index contributed by atoms with van der Waals surface area (Å²) >= 11 is 0. The van der Waals surface area contributed by atoms with Gasteiger partial charge in [-0.05, 0) is 50.5 Å². The summed E-state index contributed by atoms with van der Waals surface area (Å²) in [5.74, 6) is 0.871. The molecule has 0 bridgehead atoms. The lowest BCUT2D eigenvalue weighted by molar-refractivity contribution is -0.145. The molecule has 0 aliphatic heterocycles. The van der Waals surface area contributed by atoms with Gasteiger partial charge in [0.2, 0.25) is 0 Å². The Kier molecular flexibility index (Phi) is 4.66. The van der Waals surface area contributed by atoms with Gasteiger partial charge < -0.3 is 10.4 Å².